The lowest BCUT2D eigenvalue weighted by molar-refractivity contribution is -0.125. The summed E-state index contributed by atoms with van der Waals surface area (Å²) < 4.78 is 0. The van der Waals surface area contributed by atoms with Crippen molar-refractivity contribution >= 4 is 11.9 Å². The van der Waals surface area contributed by atoms with Gasteiger partial charge in [0.1, 0.15) is 0 Å². The predicted octanol–water partition coefficient (Wildman–Crippen LogP) is 0.986. The van der Waals surface area contributed by atoms with Crippen LogP contribution in [-0.2, 0) is 11.3 Å². The van der Waals surface area contributed by atoms with Crippen molar-refractivity contribution in [1.29, 1.82) is 0 Å². The molecule has 18 heavy (non-hydrogen) atoms. The molecule has 0 bridgehead atoms. The predicted molar refractivity (Wildman–Crippen MR) is 68.1 cm³/mol. The van der Waals surface area contributed by atoms with Gasteiger partial charge in [-0.2, -0.15) is 0 Å². The molecule has 4 N–H and O–H groups in total. The molecule has 1 amide bonds. The topological polar surface area (TPSA) is 92.4 Å². The number of hydrogen-bond acceptors (Lipinski definition) is 3. The molecule has 1 aromatic carbocycles. The number of amides is 1. The molecule has 98 valence electrons. The summed E-state index contributed by atoms with van der Waals surface area (Å²) in [5, 5.41) is 11.9. The highest BCUT2D eigenvalue weighted by Crippen LogP contribution is 2.12. The number of aromatic carboxylic acids is 1. The van der Waals surface area contributed by atoms with Crippen LogP contribution in [0.1, 0.15) is 29.8 Å². The van der Waals surface area contributed by atoms with E-state index in [2.05, 4.69) is 5.32 Å². The number of carbonyl (C=O) groups is 2. The van der Waals surface area contributed by atoms with Crippen molar-refractivity contribution in [3.8, 4) is 0 Å². The summed E-state index contributed by atoms with van der Waals surface area (Å²) in [6, 6.07) is 6.60. The van der Waals surface area contributed by atoms with Crippen LogP contribution in [0.25, 0.3) is 0 Å². The van der Waals surface area contributed by atoms with Crippen molar-refractivity contribution in [1.82, 2.24) is 5.32 Å². The molecule has 0 radical (unpaired) electrons. The lowest BCUT2D eigenvalue weighted by Crippen LogP contribution is -2.40. The number of hydrogen-bond donors (Lipinski definition) is 3. The summed E-state index contributed by atoms with van der Waals surface area (Å²) in [5.41, 5.74) is 5.88. The highest BCUT2D eigenvalue weighted by molar-refractivity contribution is 5.87. The largest absolute Gasteiger partial charge is 0.478 e. The minimum atomic E-state index is -0.940. The normalized spacial score (nSPS) is 11.2. The van der Waals surface area contributed by atoms with Gasteiger partial charge in [0, 0.05) is 13.1 Å². The van der Waals surface area contributed by atoms with Gasteiger partial charge in [-0.25, -0.2) is 4.79 Å². The molecule has 0 heterocycles. The van der Waals surface area contributed by atoms with Gasteiger partial charge in [0.15, 0.2) is 0 Å². The number of carbonyl (C=O) groups excluding carboxylic acids is 1. The molecule has 0 fully saturated rings. The van der Waals surface area contributed by atoms with Crippen LogP contribution < -0.4 is 11.1 Å². The lowest BCUT2D eigenvalue weighted by Gasteiger charge is -2.20. The zero-order valence-electron chi connectivity index (χ0n) is 10.6. The number of nitrogens with two attached hydrogens (primary N) is 1. The SMILES string of the molecule is CC(C)(CNCc1ccc(C(=O)O)cc1)C(N)=O. The Bertz CT molecular complexity index is 438. The molecule has 0 spiro atoms. The summed E-state index contributed by atoms with van der Waals surface area (Å²) in [6.07, 6.45) is 0. The summed E-state index contributed by atoms with van der Waals surface area (Å²) in [4.78, 5) is 21.8. The molecule has 0 aromatic heterocycles. The van der Waals surface area contributed by atoms with E-state index in [0.717, 1.165) is 5.56 Å². The molecular weight excluding hydrogens is 232 g/mol. The first-order valence-corrected chi connectivity index (χ1v) is 5.66. The van der Waals surface area contributed by atoms with E-state index in [1.807, 2.05) is 0 Å². The van der Waals surface area contributed by atoms with Gasteiger partial charge in [0.25, 0.3) is 0 Å². The van der Waals surface area contributed by atoms with E-state index in [1.165, 1.54) is 0 Å². The minimum absolute atomic E-state index is 0.260. The van der Waals surface area contributed by atoms with Gasteiger partial charge < -0.3 is 16.2 Å². The zero-order chi connectivity index (χ0) is 13.8. The smallest absolute Gasteiger partial charge is 0.335 e. The zero-order valence-corrected chi connectivity index (χ0v) is 10.6. The number of rotatable bonds is 6. The third kappa shape index (κ3) is 3.85. The monoisotopic (exact) mass is 250 g/mol. The Morgan fingerprint density at radius 3 is 2.28 bits per heavy atom. The van der Waals surface area contributed by atoms with Crippen LogP contribution in [0.2, 0.25) is 0 Å². The van der Waals surface area contributed by atoms with Crippen LogP contribution >= 0.6 is 0 Å². The second-order valence-electron chi connectivity index (χ2n) is 4.85. The van der Waals surface area contributed by atoms with Crippen LogP contribution in [0, 0.1) is 5.41 Å². The van der Waals surface area contributed by atoms with Crippen molar-refractivity contribution in [2.24, 2.45) is 11.1 Å². The Labute approximate surface area is 106 Å². The van der Waals surface area contributed by atoms with E-state index in [0.29, 0.717) is 13.1 Å². The van der Waals surface area contributed by atoms with Gasteiger partial charge in [0.05, 0.1) is 11.0 Å². The van der Waals surface area contributed by atoms with Crippen LogP contribution in [0.15, 0.2) is 24.3 Å². The number of primary amides is 1. The summed E-state index contributed by atoms with van der Waals surface area (Å²) in [5.74, 6) is -1.29. The van der Waals surface area contributed by atoms with E-state index in [4.69, 9.17) is 10.8 Å². The van der Waals surface area contributed by atoms with E-state index >= 15 is 0 Å². The first-order chi connectivity index (χ1) is 8.33. The van der Waals surface area contributed by atoms with Crippen molar-refractivity contribution in [3.63, 3.8) is 0 Å². The average Bonchev–Trinajstić information content (AvgIpc) is 2.29. The fourth-order valence-electron chi connectivity index (χ4n) is 1.37. The molecule has 5 heteroatoms. The van der Waals surface area contributed by atoms with E-state index < -0.39 is 11.4 Å². The molecule has 1 rings (SSSR count). The van der Waals surface area contributed by atoms with E-state index in [-0.39, 0.29) is 11.5 Å². The molecule has 0 unspecified atom stereocenters. The Hall–Kier alpha value is -1.88. The first-order valence-electron chi connectivity index (χ1n) is 5.66. The van der Waals surface area contributed by atoms with Gasteiger partial charge in [-0.15, -0.1) is 0 Å². The van der Waals surface area contributed by atoms with Crippen LogP contribution in [0.5, 0.6) is 0 Å². The Morgan fingerprint density at radius 1 is 1.28 bits per heavy atom. The molecule has 0 aliphatic heterocycles. The molecule has 1 aromatic rings. The number of benzene rings is 1. The third-order valence-electron chi connectivity index (χ3n) is 2.76. The highest BCUT2D eigenvalue weighted by Gasteiger charge is 2.23. The number of carboxylic acids is 1. The minimum Gasteiger partial charge on any atom is -0.478 e. The van der Waals surface area contributed by atoms with Crippen molar-refractivity contribution in [3.05, 3.63) is 35.4 Å². The third-order valence-corrected chi connectivity index (χ3v) is 2.76. The maximum atomic E-state index is 11.1. The standard InChI is InChI=1S/C13H18N2O3/c1-13(2,12(14)18)8-15-7-9-3-5-10(6-4-9)11(16)17/h3-6,15H,7-8H2,1-2H3,(H2,14,18)(H,16,17). The Balaban J connectivity index is 2.50. The first kappa shape index (κ1) is 14.2. The van der Waals surface area contributed by atoms with Crippen LogP contribution in [0.3, 0.4) is 0 Å². The summed E-state index contributed by atoms with van der Waals surface area (Å²) >= 11 is 0. The molecule has 0 saturated carbocycles. The fraction of sp³-hybridized carbons (Fsp3) is 0.385. The maximum absolute atomic E-state index is 11.1. The quantitative estimate of drug-likeness (QED) is 0.702. The molecule has 0 aliphatic rings. The molecular formula is C13H18N2O3. The van der Waals surface area contributed by atoms with E-state index in [9.17, 15) is 9.59 Å². The van der Waals surface area contributed by atoms with Gasteiger partial charge in [-0.1, -0.05) is 12.1 Å². The van der Waals surface area contributed by atoms with Gasteiger partial charge >= 0.3 is 5.97 Å². The van der Waals surface area contributed by atoms with Crippen LogP contribution in [0.4, 0.5) is 0 Å². The van der Waals surface area contributed by atoms with Gasteiger partial charge in [-0.3, -0.25) is 4.79 Å². The van der Waals surface area contributed by atoms with Crippen molar-refractivity contribution in [2.45, 2.75) is 20.4 Å². The van der Waals surface area contributed by atoms with Crippen LogP contribution in [-0.4, -0.2) is 23.5 Å². The average molecular weight is 250 g/mol. The second-order valence-corrected chi connectivity index (χ2v) is 4.85. The molecule has 5 nitrogen and oxygen atoms in total. The molecule has 0 atom stereocenters. The Morgan fingerprint density at radius 2 is 1.83 bits per heavy atom. The van der Waals surface area contributed by atoms with E-state index in [1.54, 1.807) is 38.1 Å². The maximum Gasteiger partial charge on any atom is 0.335 e. The highest BCUT2D eigenvalue weighted by atomic mass is 16.4. The molecule has 0 saturated heterocycles. The second kappa shape index (κ2) is 5.64. The lowest BCUT2D eigenvalue weighted by atomic mass is 9.93. The van der Waals surface area contributed by atoms with Gasteiger partial charge in [0.2, 0.25) is 5.91 Å². The Kier molecular flexibility index (Phi) is 4.44. The van der Waals surface area contributed by atoms with Gasteiger partial charge in [-0.05, 0) is 31.5 Å². The number of nitrogens with one attached hydrogen (secondary N) is 1. The summed E-state index contributed by atoms with van der Waals surface area (Å²) in [7, 11) is 0. The summed E-state index contributed by atoms with van der Waals surface area (Å²) in [6.45, 7) is 4.59. The number of carboxylic acid groups (broad SMARTS) is 1. The molecule has 0 aliphatic carbocycles. The van der Waals surface area contributed by atoms with Crippen molar-refractivity contribution in [2.75, 3.05) is 6.54 Å². The fourth-order valence-corrected chi connectivity index (χ4v) is 1.37. The van der Waals surface area contributed by atoms with Crippen molar-refractivity contribution < 1.29 is 14.7 Å².